The average molecular weight is 555 g/mol. The number of benzene rings is 4. The van der Waals surface area contributed by atoms with Crippen LogP contribution in [0.4, 0.5) is 16.2 Å². The lowest BCUT2D eigenvalue weighted by Crippen LogP contribution is -2.35. The molecular formula is C34H38N2O3S. The molecule has 0 aliphatic rings. The zero-order valence-corrected chi connectivity index (χ0v) is 24.1. The minimum absolute atomic E-state index is 0.142. The quantitative estimate of drug-likeness (QED) is 0.161. The topological polar surface area (TPSA) is 69.6 Å². The molecule has 4 aromatic carbocycles. The molecule has 0 spiro atoms. The first-order valence-electron chi connectivity index (χ1n) is 14.2. The van der Waals surface area contributed by atoms with E-state index in [9.17, 15) is 14.7 Å². The smallest absolute Gasteiger partial charge is 0.326 e. The van der Waals surface area contributed by atoms with Gasteiger partial charge in [-0.05, 0) is 71.6 Å². The molecule has 4 aromatic rings. The van der Waals surface area contributed by atoms with Crippen molar-refractivity contribution in [3.05, 3.63) is 96.6 Å². The molecule has 0 saturated heterocycles. The SMILES string of the molecule is CCCCCCCN(C(=O)Nc1ccc2ccccc2c1)c1cccc(Sc2ccc(C(CC)C(=O)O)cc2)c1. The average Bonchev–Trinajstić information content (AvgIpc) is 2.96. The van der Waals surface area contributed by atoms with E-state index in [-0.39, 0.29) is 6.03 Å². The highest BCUT2D eigenvalue weighted by molar-refractivity contribution is 7.99. The number of nitrogens with zero attached hydrogens (tertiary/aromatic N) is 1. The van der Waals surface area contributed by atoms with Crippen LogP contribution in [0, 0.1) is 0 Å². The Morgan fingerprint density at radius 3 is 2.27 bits per heavy atom. The van der Waals surface area contributed by atoms with E-state index in [0.717, 1.165) is 50.3 Å². The molecule has 6 heteroatoms. The first-order valence-corrected chi connectivity index (χ1v) is 15.0. The van der Waals surface area contributed by atoms with Gasteiger partial charge >= 0.3 is 12.0 Å². The molecular weight excluding hydrogens is 516 g/mol. The number of rotatable bonds is 13. The second-order valence-corrected chi connectivity index (χ2v) is 11.2. The largest absolute Gasteiger partial charge is 0.481 e. The molecule has 2 amide bonds. The van der Waals surface area contributed by atoms with Gasteiger partial charge in [-0.3, -0.25) is 9.69 Å². The summed E-state index contributed by atoms with van der Waals surface area (Å²) in [5.74, 6) is -1.29. The minimum Gasteiger partial charge on any atom is -0.481 e. The van der Waals surface area contributed by atoms with Gasteiger partial charge in [0, 0.05) is 27.7 Å². The zero-order chi connectivity index (χ0) is 28.3. The van der Waals surface area contributed by atoms with Crippen molar-refractivity contribution in [3.63, 3.8) is 0 Å². The van der Waals surface area contributed by atoms with Crippen LogP contribution in [0.1, 0.15) is 63.9 Å². The van der Waals surface area contributed by atoms with Gasteiger partial charge in [0.2, 0.25) is 0 Å². The van der Waals surface area contributed by atoms with Crippen molar-refractivity contribution in [3.8, 4) is 0 Å². The predicted molar refractivity (Wildman–Crippen MR) is 167 cm³/mol. The summed E-state index contributed by atoms with van der Waals surface area (Å²) >= 11 is 1.60. The fraction of sp³-hybridized carbons (Fsp3) is 0.294. The highest BCUT2D eigenvalue weighted by Gasteiger charge is 2.18. The maximum atomic E-state index is 13.6. The number of hydrogen-bond donors (Lipinski definition) is 2. The van der Waals surface area contributed by atoms with Gasteiger partial charge in [-0.1, -0.05) is 99.8 Å². The van der Waals surface area contributed by atoms with Gasteiger partial charge in [0.05, 0.1) is 5.92 Å². The van der Waals surface area contributed by atoms with E-state index in [1.807, 2.05) is 90.7 Å². The highest BCUT2D eigenvalue weighted by atomic mass is 32.2. The molecule has 5 nitrogen and oxygen atoms in total. The number of amides is 2. The Bertz CT molecular complexity index is 1420. The van der Waals surface area contributed by atoms with Crippen molar-refractivity contribution in [2.24, 2.45) is 0 Å². The zero-order valence-electron chi connectivity index (χ0n) is 23.3. The number of fused-ring (bicyclic) bond motifs is 1. The fourth-order valence-corrected chi connectivity index (χ4v) is 5.72. The third kappa shape index (κ3) is 7.89. The predicted octanol–water partition coefficient (Wildman–Crippen LogP) is 9.58. The molecule has 2 N–H and O–H groups in total. The van der Waals surface area contributed by atoms with E-state index in [1.54, 1.807) is 11.8 Å². The molecule has 0 aliphatic carbocycles. The van der Waals surface area contributed by atoms with E-state index in [2.05, 4.69) is 24.4 Å². The Morgan fingerprint density at radius 2 is 1.55 bits per heavy atom. The molecule has 0 aromatic heterocycles. The maximum Gasteiger partial charge on any atom is 0.326 e. The van der Waals surface area contributed by atoms with Crippen LogP contribution in [0.25, 0.3) is 10.8 Å². The van der Waals surface area contributed by atoms with Crippen LogP contribution >= 0.6 is 11.8 Å². The van der Waals surface area contributed by atoms with Crippen LogP contribution < -0.4 is 10.2 Å². The summed E-state index contributed by atoms with van der Waals surface area (Å²) in [5, 5.41) is 14.8. The summed E-state index contributed by atoms with van der Waals surface area (Å²) in [6.45, 7) is 4.73. The summed E-state index contributed by atoms with van der Waals surface area (Å²) < 4.78 is 0. The number of hydrogen-bond acceptors (Lipinski definition) is 3. The summed E-state index contributed by atoms with van der Waals surface area (Å²) in [7, 11) is 0. The van der Waals surface area contributed by atoms with E-state index in [4.69, 9.17) is 0 Å². The number of aliphatic carboxylic acids is 1. The van der Waals surface area contributed by atoms with Gasteiger partial charge in [0.1, 0.15) is 0 Å². The summed E-state index contributed by atoms with van der Waals surface area (Å²) in [6.07, 6.45) is 6.14. The van der Waals surface area contributed by atoms with Crippen molar-refractivity contribution in [2.75, 3.05) is 16.8 Å². The van der Waals surface area contributed by atoms with Crippen LogP contribution in [0.2, 0.25) is 0 Å². The fourth-order valence-electron chi connectivity index (χ4n) is 4.85. The Morgan fingerprint density at radius 1 is 0.800 bits per heavy atom. The third-order valence-electron chi connectivity index (χ3n) is 7.08. The van der Waals surface area contributed by atoms with Gasteiger partial charge in [-0.25, -0.2) is 4.79 Å². The van der Waals surface area contributed by atoms with E-state index >= 15 is 0 Å². The first kappa shape index (κ1) is 29.2. The molecule has 0 radical (unpaired) electrons. The van der Waals surface area contributed by atoms with Gasteiger partial charge in [0.25, 0.3) is 0 Å². The Labute approximate surface area is 241 Å². The van der Waals surface area contributed by atoms with Gasteiger partial charge < -0.3 is 10.4 Å². The van der Waals surface area contributed by atoms with Gasteiger partial charge in [0.15, 0.2) is 0 Å². The number of carbonyl (C=O) groups is 2. The van der Waals surface area contributed by atoms with Crippen LogP contribution in [0.5, 0.6) is 0 Å². The van der Waals surface area contributed by atoms with Crippen molar-refractivity contribution in [1.29, 1.82) is 0 Å². The summed E-state index contributed by atoms with van der Waals surface area (Å²) in [5.41, 5.74) is 2.44. The van der Waals surface area contributed by atoms with Crippen LogP contribution in [0.15, 0.2) is 101 Å². The third-order valence-corrected chi connectivity index (χ3v) is 8.08. The summed E-state index contributed by atoms with van der Waals surface area (Å²) in [4.78, 5) is 29.0. The minimum atomic E-state index is -0.799. The molecule has 40 heavy (non-hydrogen) atoms. The van der Waals surface area contributed by atoms with Crippen molar-refractivity contribution in [2.45, 2.75) is 68.1 Å². The number of nitrogens with one attached hydrogen (secondary N) is 1. The normalized spacial score (nSPS) is 11.8. The molecule has 0 fully saturated rings. The van der Waals surface area contributed by atoms with Crippen LogP contribution in [0.3, 0.4) is 0 Å². The lowest BCUT2D eigenvalue weighted by atomic mass is 9.97. The Balaban J connectivity index is 1.51. The first-order chi connectivity index (χ1) is 19.5. The Hall–Kier alpha value is -3.77. The van der Waals surface area contributed by atoms with E-state index in [0.29, 0.717) is 13.0 Å². The number of anilines is 2. The number of carboxylic acid groups (broad SMARTS) is 1. The second kappa shape index (κ2) is 14.6. The molecule has 0 heterocycles. The molecule has 0 bridgehead atoms. The van der Waals surface area contributed by atoms with Crippen molar-refractivity contribution < 1.29 is 14.7 Å². The monoisotopic (exact) mass is 554 g/mol. The number of unbranched alkanes of at least 4 members (excludes halogenated alkanes) is 4. The van der Waals surface area contributed by atoms with Gasteiger partial charge in [-0.2, -0.15) is 0 Å². The highest BCUT2D eigenvalue weighted by Crippen LogP contribution is 2.32. The number of carboxylic acids is 1. The van der Waals surface area contributed by atoms with Crippen LogP contribution in [-0.2, 0) is 4.79 Å². The maximum absolute atomic E-state index is 13.6. The number of urea groups is 1. The molecule has 208 valence electrons. The lowest BCUT2D eigenvalue weighted by Gasteiger charge is -2.24. The standard InChI is InChI=1S/C34H38N2O3S/c1-3-5-6-7-10-22-36(34(39)35-28-19-16-25-12-8-9-13-27(25)23-28)29-14-11-15-31(24-29)40-30-20-17-26(18-21-30)32(4-2)33(37)38/h8-9,11-21,23-24,32H,3-7,10,22H2,1-2H3,(H,35,39)(H,37,38). The molecule has 1 atom stereocenters. The number of carbonyl (C=O) groups excluding carboxylic acids is 1. The van der Waals surface area contributed by atoms with Crippen molar-refractivity contribution >= 4 is 45.9 Å². The Kier molecular flexibility index (Phi) is 10.6. The molecule has 4 rings (SSSR count). The summed E-state index contributed by atoms with van der Waals surface area (Å²) in [6, 6.07) is 29.8. The molecule has 0 saturated carbocycles. The van der Waals surface area contributed by atoms with E-state index in [1.165, 1.54) is 19.3 Å². The van der Waals surface area contributed by atoms with Crippen LogP contribution in [-0.4, -0.2) is 23.7 Å². The molecule has 0 aliphatic heterocycles. The van der Waals surface area contributed by atoms with E-state index < -0.39 is 11.9 Å². The lowest BCUT2D eigenvalue weighted by molar-refractivity contribution is -0.138. The molecule has 1 unspecified atom stereocenters. The second-order valence-electron chi connectivity index (χ2n) is 10.0. The van der Waals surface area contributed by atoms with Crippen molar-refractivity contribution in [1.82, 2.24) is 0 Å². The van der Waals surface area contributed by atoms with Gasteiger partial charge in [-0.15, -0.1) is 0 Å².